The normalized spacial score (nSPS) is 13.1. The molecule has 0 fully saturated rings. The first kappa shape index (κ1) is 14.1. The molecule has 1 atom stereocenters. The second kappa shape index (κ2) is 6.72. The summed E-state index contributed by atoms with van der Waals surface area (Å²) in [4.78, 5) is 2.12. The van der Waals surface area contributed by atoms with Gasteiger partial charge in [-0.3, -0.25) is 0 Å². The van der Waals surface area contributed by atoms with Gasteiger partial charge < -0.3 is 10.2 Å². The first-order valence-electron chi connectivity index (χ1n) is 6.18. The Morgan fingerprint density at radius 3 is 2.53 bits per heavy atom. The van der Waals surface area contributed by atoms with E-state index in [1.165, 1.54) is 0 Å². The van der Waals surface area contributed by atoms with Crippen molar-refractivity contribution in [2.24, 2.45) is 0 Å². The number of aryl methyl sites for hydroxylation is 1. The molecule has 0 spiro atoms. The number of halogens is 1. The minimum absolute atomic E-state index is 0.151. The summed E-state index contributed by atoms with van der Waals surface area (Å²) in [6, 6.07) is 5.44. The highest BCUT2D eigenvalue weighted by Gasteiger charge is 2.12. The molecular weight excluding hydrogens is 215 g/mol. The van der Waals surface area contributed by atoms with E-state index in [4.69, 9.17) is 0 Å². The number of likely N-dealkylation sites (N-methyl/N-ethyl adjacent to an activating group) is 1. The Bertz CT molecular complexity index is 330. The van der Waals surface area contributed by atoms with Gasteiger partial charge in [0.1, 0.15) is 5.82 Å². The Labute approximate surface area is 104 Å². The molecule has 17 heavy (non-hydrogen) atoms. The minimum atomic E-state index is -0.151. The summed E-state index contributed by atoms with van der Waals surface area (Å²) in [5, 5.41) is 3.46. The van der Waals surface area contributed by atoms with Crippen molar-refractivity contribution in [3.8, 4) is 0 Å². The Balaban J connectivity index is 2.86. The van der Waals surface area contributed by atoms with Crippen LogP contribution in [0.3, 0.4) is 0 Å². The van der Waals surface area contributed by atoms with Crippen LogP contribution in [0.4, 0.5) is 4.39 Å². The van der Waals surface area contributed by atoms with Crippen molar-refractivity contribution >= 4 is 0 Å². The van der Waals surface area contributed by atoms with Crippen molar-refractivity contribution < 1.29 is 4.39 Å². The van der Waals surface area contributed by atoms with Gasteiger partial charge in [0, 0.05) is 12.6 Å². The molecule has 1 unspecified atom stereocenters. The van der Waals surface area contributed by atoms with Gasteiger partial charge in [-0.1, -0.05) is 13.0 Å². The van der Waals surface area contributed by atoms with Gasteiger partial charge in [0.2, 0.25) is 0 Å². The first-order valence-corrected chi connectivity index (χ1v) is 6.18. The lowest BCUT2D eigenvalue weighted by atomic mass is 10.0. The van der Waals surface area contributed by atoms with Crippen molar-refractivity contribution in [3.05, 3.63) is 35.1 Å². The number of hydrogen-bond acceptors (Lipinski definition) is 2. The fraction of sp³-hybridized carbons (Fsp3) is 0.571. The molecule has 1 aromatic rings. The maximum absolute atomic E-state index is 13.4. The third-order valence-electron chi connectivity index (χ3n) is 2.66. The molecular formula is C14H23FN2. The fourth-order valence-corrected chi connectivity index (χ4v) is 1.94. The van der Waals surface area contributed by atoms with Crippen molar-refractivity contribution in [3.63, 3.8) is 0 Å². The van der Waals surface area contributed by atoms with E-state index in [1.54, 1.807) is 12.1 Å². The molecule has 0 bridgehead atoms. The lowest BCUT2D eigenvalue weighted by molar-refractivity contribution is 0.341. The van der Waals surface area contributed by atoms with Gasteiger partial charge >= 0.3 is 0 Å². The zero-order valence-electron chi connectivity index (χ0n) is 11.3. The quantitative estimate of drug-likeness (QED) is 0.820. The van der Waals surface area contributed by atoms with Crippen LogP contribution in [0.25, 0.3) is 0 Å². The summed E-state index contributed by atoms with van der Waals surface area (Å²) < 4.78 is 13.4. The maximum atomic E-state index is 13.4. The molecule has 2 nitrogen and oxygen atoms in total. The summed E-state index contributed by atoms with van der Waals surface area (Å²) >= 11 is 0. The molecule has 0 saturated heterocycles. The highest BCUT2D eigenvalue weighted by Crippen LogP contribution is 2.17. The third-order valence-corrected chi connectivity index (χ3v) is 2.66. The third kappa shape index (κ3) is 4.84. The summed E-state index contributed by atoms with van der Waals surface area (Å²) in [6.45, 7) is 5.90. The lowest BCUT2D eigenvalue weighted by Crippen LogP contribution is -2.31. The van der Waals surface area contributed by atoms with Gasteiger partial charge in [-0.2, -0.15) is 0 Å². The number of nitrogens with zero attached hydrogens (tertiary/aromatic N) is 1. The van der Waals surface area contributed by atoms with E-state index in [1.807, 2.05) is 21.0 Å². The molecule has 0 aliphatic carbocycles. The first-order chi connectivity index (χ1) is 8.02. The van der Waals surface area contributed by atoms with Crippen LogP contribution in [0.2, 0.25) is 0 Å². The van der Waals surface area contributed by atoms with Crippen LogP contribution >= 0.6 is 0 Å². The van der Waals surface area contributed by atoms with Crippen LogP contribution in [-0.4, -0.2) is 32.1 Å². The highest BCUT2D eigenvalue weighted by atomic mass is 19.1. The van der Waals surface area contributed by atoms with Crippen LogP contribution in [0, 0.1) is 12.7 Å². The van der Waals surface area contributed by atoms with E-state index in [2.05, 4.69) is 23.2 Å². The van der Waals surface area contributed by atoms with Gasteiger partial charge in [-0.15, -0.1) is 0 Å². The topological polar surface area (TPSA) is 15.3 Å². The van der Waals surface area contributed by atoms with Crippen molar-refractivity contribution in [2.45, 2.75) is 26.3 Å². The molecule has 1 N–H and O–H groups in total. The highest BCUT2D eigenvalue weighted by molar-refractivity contribution is 5.26. The van der Waals surface area contributed by atoms with Crippen LogP contribution < -0.4 is 5.32 Å². The zero-order valence-corrected chi connectivity index (χ0v) is 11.3. The number of benzene rings is 1. The van der Waals surface area contributed by atoms with E-state index in [0.717, 1.165) is 30.6 Å². The van der Waals surface area contributed by atoms with Gasteiger partial charge in [-0.25, -0.2) is 4.39 Å². The predicted molar refractivity (Wildman–Crippen MR) is 70.7 cm³/mol. The van der Waals surface area contributed by atoms with Gasteiger partial charge in [0.15, 0.2) is 0 Å². The Hall–Kier alpha value is -0.930. The molecule has 0 aromatic heterocycles. The van der Waals surface area contributed by atoms with Crippen molar-refractivity contribution in [1.29, 1.82) is 0 Å². The SMILES string of the molecule is CCCNC(CN(C)C)c1cc(C)cc(F)c1. The number of hydrogen-bond donors (Lipinski definition) is 1. The fourth-order valence-electron chi connectivity index (χ4n) is 1.94. The molecule has 96 valence electrons. The molecule has 0 radical (unpaired) electrons. The molecule has 0 heterocycles. The summed E-state index contributed by atoms with van der Waals surface area (Å²) in [5.74, 6) is -0.151. The molecule has 1 rings (SSSR count). The molecule has 0 saturated carbocycles. The second-order valence-corrected chi connectivity index (χ2v) is 4.83. The van der Waals surface area contributed by atoms with Gasteiger partial charge in [-0.05, 0) is 57.2 Å². The molecule has 0 aliphatic rings. The van der Waals surface area contributed by atoms with E-state index in [9.17, 15) is 4.39 Å². The second-order valence-electron chi connectivity index (χ2n) is 4.83. The van der Waals surface area contributed by atoms with Crippen LogP contribution in [0.5, 0.6) is 0 Å². The smallest absolute Gasteiger partial charge is 0.123 e. The summed E-state index contributed by atoms with van der Waals surface area (Å²) in [6.07, 6.45) is 1.08. The van der Waals surface area contributed by atoms with Crippen molar-refractivity contribution in [2.75, 3.05) is 27.2 Å². The van der Waals surface area contributed by atoms with Crippen LogP contribution in [-0.2, 0) is 0 Å². The Morgan fingerprint density at radius 2 is 2.00 bits per heavy atom. The van der Waals surface area contributed by atoms with E-state index in [0.29, 0.717) is 0 Å². The van der Waals surface area contributed by atoms with Crippen molar-refractivity contribution in [1.82, 2.24) is 10.2 Å². The van der Waals surface area contributed by atoms with Gasteiger partial charge in [0.25, 0.3) is 0 Å². The minimum Gasteiger partial charge on any atom is -0.309 e. The van der Waals surface area contributed by atoms with Gasteiger partial charge in [0.05, 0.1) is 0 Å². The average Bonchev–Trinajstić information content (AvgIpc) is 2.22. The van der Waals surface area contributed by atoms with E-state index in [-0.39, 0.29) is 11.9 Å². The standard InChI is InChI=1S/C14H23FN2/c1-5-6-16-14(10-17(3)4)12-7-11(2)8-13(15)9-12/h7-9,14,16H,5-6,10H2,1-4H3. The lowest BCUT2D eigenvalue weighted by Gasteiger charge is -2.23. The Morgan fingerprint density at radius 1 is 1.29 bits per heavy atom. The molecule has 0 amide bonds. The average molecular weight is 238 g/mol. The number of nitrogens with one attached hydrogen (secondary N) is 1. The maximum Gasteiger partial charge on any atom is 0.123 e. The molecule has 3 heteroatoms. The predicted octanol–water partition coefficient (Wildman–Crippen LogP) is 2.74. The summed E-state index contributed by atoms with van der Waals surface area (Å²) in [7, 11) is 4.07. The van der Waals surface area contributed by atoms with Crippen LogP contribution in [0.15, 0.2) is 18.2 Å². The monoisotopic (exact) mass is 238 g/mol. The zero-order chi connectivity index (χ0) is 12.8. The van der Waals surface area contributed by atoms with E-state index >= 15 is 0 Å². The molecule has 1 aromatic carbocycles. The summed E-state index contributed by atoms with van der Waals surface area (Å²) in [5.41, 5.74) is 2.01. The number of rotatable bonds is 6. The van der Waals surface area contributed by atoms with E-state index < -0.39 is 0 Å². The van der Waals surface area contributed by atoms with Crippen LogP contribution in [0.1, 0.15) is 30.5 Å². The largest absolute Gasteiger partial charge is 0.309 e. The molecule has 0 aliphatic heterocycles. The Kier molecular flexibility index (Phi) is 5.59.